The second-order valence-corrected chi connectivity index (χ2v) is 7.68. The highest BCUT2D eigenvalue weighted by Crippen LogP contribution is 2.47. The van der Waals surface area contributed by atoms with Crippen LogP contribution >= 0.6 is 11.3 Å². The molecule has 0 unspecified atom stereocenters. The summed E-state index contributed by atoms with van der Waals surface area (Å²) in [7, 11) is 2.06. The molecule has 1 N–H and O–H groups in total. The van der Waals surface area contributed by atoms with Crippen molar-refractivity contribution in [1.82, 2.24) is 4.57 Å². The third kappa shape index (κ3) is 2.93. The van der Waals surface area contributed by atoms with E-state index in [1.54, 1.807) is 0 Å². The molecule has 0 aliphatic heterocycles. The molecule has 0 radical (unpaired) electrons. The fourth-order valence-corrected chi connectivity index (χ4v) is 5.22. The molecule has 0 amide bonds. The van der Waals surface area contributed by atoms with Crippen molar-refractivity contribution in [3.63, 3.8) is 0 Å². The molecular formula is C20H21NO3S. The number of aromatic nitrogens is 1. The SMILES string of the molecule is Cn1c(-c2ccccc2)c(C2CCCCC2)c2sc(OC(=O)O)cc21. The zero-order valence-corrected chi connectivity index (χ0v) is 15.0. The summed E-state index contributed by atoms with van der Waals surface area (Å²) >= 11 is 1.45. The largest absolute Gasteiger partial charge is 0.512 e. The first-order valence-corrected chi connectivity index (χ1v) is 9.55. The van der Waals surface area contributed by atoms with Crippen LogP contribution < -0.4 is 4.74 Å². The monoisotopic (exact) mass is 355 g/mol. The second-order valence-electron chi connectivity index (χ2n) is 6.67. The number of fused-ring (bicyclic) bond motifs is 1. The first-order chi connectivity index (χ1) is 12.1. The Morgan fingerprint density at radius 1 is 1.20 bits per heavy atom. The molecule has 0 spiro atoms. The number of nitrogens with zero attached hydrogens (tertiary/aromatic N) is 1. The number of rotatable bonds is 3. The summed E-state index contributed by atoms with van der Waals surface area (Å²) in [6.07, 6.45) is 4.98. The smallest absolute Gasteiger partial charge is 0.449 e. The van der Waals surface area contributed by atoms with E-state index in [-0.39, 0.29) is 0 Å². The summed E-state index contributed by atoms with van der Waals surface area (Å²) in [4.78, 5) is 10.9. The highest BCUT2D eigenvalue weighted by molar-refractivity contribution is 7.21. The van der Waals surface area contributed by atoms with Gasteiger partial charge in [0, 0.05) is 13.1 Å². The number of benzene rings is 1. The van der Waals surface area contributed by atoms with Crippen LogP contribution in [-0.4, -0.2) is 15.8 Å². The molecule has 2 aromatic heterocycles. The number of hydrogen-bond donors (Lipinski definition) is 1. The van der Waals surface area contributed by atoms with Crippen molar-refractivity contribution in [2.24, 2.45) is 7.05 Å². The minimum absolute atomic E-state index is 0.449. The van der Waals surface area contributed by atoms with Crippen LogP contribution in [0.2, 0.25) is 0 Å². The fourth-order valence-electron chi connectivity index (χ4n) is 4.06. The molecule has 3 aromatic rings. The van der Waals surface area contributed by atoms with E-state index < -0.39 is 6.16 Å². The van der Waals surface area contributed by atoms with Gasteiger partial charge in [0.05, 0.1) is 15.9 Å². The lowest BCUT2D eigenvalue weighted by Gasteiger charge is -2.23. The van der Waals surface area contributed by atoms with E-state index in [0.717, 1.165) is 5.52 Å². The van der Waals surface area contributed by atoms with Crippen LogP contribution in [0.1, 0.15) is 43.6 Å². The molecule has 1 aromatic carbocycles. The molecule has 4 nitrogen and oxygen atoms in total. The maximum absolute atomic E-state index is 10.9. The summed E-state index contributed by atoms with van der Waals surface area (Å²) in [5.74, 6) is 0.531. The van der Waals surface area contributed by atoms with Crippen molar-refractivity contribution in [2.45, 2.75) is 38.0 Å². The van der Waals surface area contributed by atoms with Gasteiger partial charge in [-0.3, -0.25) is 0 Å². The predicted octanol–water partition coefficient (Wildman–Crippen LogP) is 6.01. The van der Waals surface area contributed by atoms with Crippen LogP contribution in [0.15, 0.2) is 36.4 Å². The molecule has 0 bridgehead atoms. The quantitative estimate of drug-likeness (QED) is 0.585. The number of thiophene rings is 1. The van der Waals surface area contributed by atoms with Gasteiger partial charge in [0.25, 0.3) is 0 Å². The Labute approximate surface area is 150 Å². The Hall–Kier alpha value is -2.27. The Balaban J connectivity index is 1.92. The van der Waals surface area contributed by atoms with E-state index in [4.69, 9.17) is 9.84 Å². The first kappa shape index (κ1) is 16.2. The molecule has 2 heterocycles. The van der Waals surface area contributed by atoms with Crippen molar-refractivity contribution in [1.29, 1.82) is 0 Å². The summed E-state index contributed by atoms with van der Waals surface area (Å²) < 4.78 is 8.29. The summed E-state index contributed by atoms with van der Waals surface area (Å²) in [5.41, 5.74) is 4.90. The van der Waals surface area contributed by atoms with Gasteiger partial charge in [-0.25, -0.2) is 4.79 Å². The average molecular weight is 355 g/mol. The van der Waals surface area contributed by atoms with Crippen molar-refractivity contribution in [3.8, 4) is 16.3 Å². The molecule has 25 heavy (non-hydrogen) atoms. The molecule has 1 fully saturated rings. The summed E-state index contributed by atoms with van der Waals surface area (Å²) in [5, 5.41) is 9.38. The number of hydrogen-bond acceptors (Lipinski definition) is 3. The lowest BCUT2D eigenvalue weighted by Crippen LogP contribution is -2.06. The Bertz CT molecular complexity index is 904. The zero-order valence-electron chi connectivity index (χ0n) is 14.2. The van der Waals surface area contributed by atoms with Gasteiger partial charge in [-0.1, -0.05) is 60.9 Å². The molecule has 0 saturated heterocycles. The van der Waals surface area contributed by atoms with Crippen LogP contribution in [-0.2, 0) is 7.05 Å². The van der Waals surface area contributed by atoms with Crippen LogP contribution in [0.25, 0.3) is 21.5 Å². The minimum atomic E-state index is -1.26. The second kappa shape index (κ2) is 6.56. The van der Waals surface area contributed by atoms with E-state index in [0.29, 0.717) is 11.0 Å². The molecule has 1 saturated carbocycles. The van der Waals surface area contributed by atoms with E-state index in [1.807, 2.05) is 12.1 Å². The van der Waals surface area contributed by atoms with Crippen LogP contribution in [0, 0.1) is 0 Å². The van der Waals surface area contributed by atoms with Gasteiger partial charge < -0.3 is 14.4 Å². The molecule has 4 rings (SSSR count). The van der Waals surface area contributed by atoms with E-state index >= 15 is 0 Å². The topological polar surface area (TPSA) is 51.5 Å². The van der Waals surface area contributed by atoms with Gasteiger partial charge in [-0.15, -0.1) is 0 Å². The van der Waals surface area contributed by atoms with E-state index in [1.165, 1.54) is 65.0 Å². The van der Waals surface area contributed by atoms with Gasteiger partial charge in [-0.05, 0) is 29.9 Å². The van der Waals surface area contributed by atoms with Crippen molar-refractivity contribution >= 4 is 27.7 Å². The van der Waals surface area contributed by atoms with Crippen LogP contribution in [0.5, 0.6) is 5.06 Å². The maximum atomic E-state index is 10.9. The highest BCUT2D eigenvalue weighted by atomic mass is 32.1. The zero-order chi connectivity index (χ0) is 17.4. The Morgan fingerprint density at radius 2 is 1.92 bits per heavy atom. The molecule has 0 atom stereocenters. The van der Waals surface area contributed by atoms with Crippen molar-refractivity contribution in [3.05, 3.63) is 42.0 Å². The normalized spacial score (nSPS) is 15.6. The summed E-state index contributed by atoms with van der Waals surface area (Å²) in [6.45, 7) is 0. The lowest BCUT2D eigenvalue weighted by molar-refractivity contribution is 0.146. The third-order valence-corrected chi connectivity index (χ3v) is 6.17. The van der Waals surface area contributed by atoms with E-state index in [9.17, 15) is 4.79 Å². The van der Waals surface area contributed by atoms with Crippen LogP contribution in [0.3, 0.4) is 0 Å². The van der Waals surface area contributed by atoms with Gasteiger partial charge >= 0.3 is 6.16 Å². The number of aryl methyl sites for hydroxylation is 1. The Morgan fingerprint density at radius 3 is 2.60 bits per heavy atom. The number of carboxylic acid groups (broad SMARTS) is 1. The lowest BCUT2D eigenvalue weighted by atomic mass is 9.83. The average Bonchev–Trinajstić information content (AvgIpc) is 3.13. The maximum Gasteiger partial charge on any atom is 0.512 e. The van der Waals surface area contributed by atoms with Gasteiger partial charge in [-0.2, -0.15) is 0 Å². The van der Waals surface area contributed by atoms with E-state index in [2.05, 4.69) is 35.9 Å². The fraction of sp³-hybridized carbons (Fsp3) is 0.350. The molecule has 1 aliphatic carbocycles. The standard InChI is InChI=1S/C20H21NO3S/c1-21-15-12-16(24-20(22)23)25-19(15)17(13-8-4-2-5-9-13)18(21)14-10-6-3-7-11-14/h3,6-7,10-13H,2,4-5,8-9H2,1H3,(H,22,23). The molecular weight excluding hydrogens is 334 g/mol. The first-order valence-electron chi connectivity index (χ1n) is 8.73. The van der Waals surface area contributed by atoms with Gasteiger partial charge in [0.1, 0.15) is 0 Å². The van der Waals surface area contributed by atoms with Gasteiger partial charge in [0.15, 0.2) is 5.06 Å². The molecule has 1 aliphatic rings. The minimum Gasteiger partial charge on any atom is -0.449 e. The van der Waals surface area contributed by atoms with Crippen LogP contribution in [0.4, 0.5) is 4.79 Å². The Kier molecular flexibility index (Phi) is 4.25. The van der Waals surface area contributed by atoms with Crippen molar-refractivity contribution in [2.75, 3.05) is 0 Å². The highest BCUT2D eigenvalue weighted by Gasteiger charge is 2.27. The molecule has 130 valence electrons. The third-order valence-electron chi connectivity index (χ3n) is 5.13. The summed E-state index contributed by atoms with van der Waals surface area (Å²) in [6, 6.07) is 12.3. The van der Waals surface area contributed by atoms with Crippen molar-refractivity contribution < 1.29 is 14.6 Å². The number of ether oxygens (including phenoxy) is 1. The molecule has 5 heteroatoms. The van der Waals surface area contributed by atoms with Gasteiger partial charge in [0.2, 0.25) is 0 Å². The number of carbonyl (C=O) groups is 1. The predicted molar refractivity (Wildman–Crippen MR) is 101 cm³/mol.